The van der Waals surface area contributed by atoms with Gasteiger partial charge in [0.15, 0.2) is 5.72 Å². The van der Waals surface area contributed by atoms with Crippen LogP contribution in [-0.4, -0.2) is 22.3 Å². The number of carbonyl (C=O) groups excluding carboxylic acids is 1. The smallest absolute Gasteiger partial charge is 0.237 e. The van der Waals surface area contributed by atoms with Crippen molar-refractivity contribution in [1.82, 2.24) is 0 Å². The van der Waals surface area contributed by atoms with E-state index in [1.54, 1.807) is 6.92 Å². The van der Waals surface area contributed by atoms with Crippen molar-refractivity contribution in [3.63, 3.8) is 0 Å². The fourth-order valence-corrected chi connectivity index (χ4v) is 1.06. The maximum Gasteiger partial charge on any atom is 0.237 e. The van der Waals surface area contributed by atoms with Gasteiger partial charge < -0.3 is 4.43 Å². The van der Waals surface area contributed by atoms with Gasteiger partial charge >= 0.3 is 0 Å². The highest BCUT2D eigenvalue weighted by atomic mass is 28.2. The Kier molecular flexibility index (Phi) is 3.50. The van der Waals surface area contributed by atoms with Crippen LogP contribution in [0.2, 0.25) is 0 Å². The van der Waals surface area contributed by atoms with E-state index in [9.17, 15) is 4.79 Å². The molecule has 3 nitrogen and oxygen atoms in total. The monoisotopic (exact) mass is 159 g/mol. The average Bonchev–Trinajstić information content (AvgIpc) is 1.88. The van der Waals surface area contributed by atoms with E-state index in [0.717, 1.165) is 0 Å². The molecule has 0 radical (unpaired) electrons. The Morgan fingerprint density at radius 2 is 2.20 bits per heavy atom. The first-order chi connectivity index (χ1) is 4.56. The molecule has 0 saturated carbocycles. The Morgan fingerprint density at radius 3 is 2.30 bits per heavy atom. The van der Waals surface area contributed by atoms with E-state index in [0.29, 0.717) is 10.5 Å². The fourth-order valence-electron chi connectivity index (χ4n) is 0.501. The second-order valence-corrected chi connectivity index (χ2v) is 3.02. The van der Waals surface area contributed by atoms with Gasteiger partial charge in [0.2, 0.25) is 6.08 Å². The largest absolute Gasteiger partial charge is 0.404 e. The summed E-state index contributed by atoms with van der Waals surface area (Å²) in [6.45, 7) is 5.70. The lowest BCUT2D eigenvalue weighted by Gasteiger charge is -2.26. The fraction of sp³-hybridized carbons (Fsp3) is 0.833. The molecule has 0 aliphatic rings. The third kappa shape index (κ3) is 2.06. The van der Waals surface area contributed by atoms with Crippen LogP contribution in [-0.2, 0) is 9.22 Å². The summed E-state index contributed by atoms with van der Waals surface area (Å²) < 4.78 is 5.15. The van der Waals surface area contributed by atoms with Crippen LogP contribution in [0.1, 0.15) is 20.8 Å². The van der Waals surface area contributed by atoms with Gasteiger partial charge in [-0.25, -0.2) is 4.79 Å². The number of rotatable bonds is 3. The van der Waals surface area contributed by atoms with Crippen molar-refractivity contribution in [2.45, 2.75) is 26.5 Å². The Morgan fingerprint density at radius 1 is 1.70 bits per heavy atom. The molecule has 58 valence electrons. The highest BCUT2D eigenvalue weighted by Gasteiger charge is 2.25. The van der Waals surface area contributed by atoms with E-state index < -0.39 is 5.72 Å². The predicted octanol–water partition coefficient (Wildman–Crippen LogP) is -0.00860. The number of isocyanates is 1. The van der Waals surface area contributed by atoms with E-state index in [4.69, 9.17) is 4.43 Å². The quantitative estimate of drug-likeness (QED) is 0.330. The maximum atomic E-state index is 9.93. The molecule has 1 unspecified atom stereocenters. The summed E-state index contributed by atoms with van der Waals surface area (Å²) in [6, 6.07) is 0. The number of hydrogen-bond acceptors (Lipinski definition) is 3. The van der Waals surface area contributed by atoms with Gasteiger partial charge in [-0.2, -0.15) is 4.99 Å². The van der Waals surface area contributed by atoms with Crippen molar-refractivity contribution in [2.75, 3.05) is 0 Å². The van der Waals surface area contributed by atoms with Crippen LogP contribution in [0.15, 0.2) is 4.99 Å². The molecule has 4 heteroatoms. The number of hydrogen-bond donors (Lipinski definition) is 0. The number of aliphatic imine (C=N–C) groups is 1. The highest BCUT2D eigenvalue weighted by molar-refractivity contribution is 5.98. The second kappa shape index (κ2) is 3.66. The third-order valence-corrected chi connectivity index (χ3v) is 2.58. The van der Waals surface area contributed by atoms with E-state index in [-0.39, 0.29) is 5.92 Å². The van der Waals surface area contributed by atoms with Gasteiger partial charge in [0, 0.05) is 5.92 Å². The Bertz CT molecular complexity index is 154. The number of nitrogens with zero attached hydrogens (tertiary/aromatic N) is 1. The lowest BCUT2D eigenvalue weighted by atomic mass is 10.0. The Balaban J connectivity index is 4.37. The molecule has 0 aromatic carbocycles. The first-order valence-electron chi connectivity index (χ1n) is 3.21. The molecular weight excluding hydrogens is 146 g/mol. The summed E-state index contributed by atoms with van der Waals surface area (Å²) in [4.78, 5) is 13.5. The van der Waals surface area contributed by atoms with Crippen molar-refractivity contribution in [3.05, 3.63) is 0 Å². The molecule has 0 saturated heterocycles. The average molecular weight is 159 g/mol. The van der Waals surface area contributed by atoms with Crippen LogP contribution in [0.4, 0.5) is 0 Å². The van der Waals surface area contributed by atoms with Gasteiger partial charge in [0.25, 0.3) is 0 Å². The second-order valence-electron chi connectivity index (χ2n) is 2.62. The molecule has 0 spiro atoms. The summed E-state index contributed by atoms with van der Waals surface area (Å²) in [5.74, 6) is 0.214. The van der Waals surface area contributed by atoms with Crippen LogP contribution >= 0.6 is 0 Å². The molecule has 0 N–H and O–H groups in total. The zero-order valence-corrected chi connectivity index (χ0v) is 8.84. The summed E-state index contributed by atoms with van der Waals surface area (Å²) >= 11 is 0. The molecule has 10 heavy (non-hydrogen) atoms. The van der Waals surface area contributed by atoms with Crippen molar-refractivity contribution in [1.29, 1.82) is 0 Å². The van der Waals surface area contributed by atoms with E-state index in [2.05, 4.69) is 4.99 Å². The van der Waals surface area contributed by atoms with Crippen LogP contribution in [0.25, 0.3) is 0 Å². The van der Waals surface area contributed by atoms with Crippen LogP contribution in [0, 0.1) is 5.92 Å². The molecule has 1 atom stereocenters. The van der Waals surface area contributed by atoms with Gasteiger partial charge in [-0.1, -0.05) is 13.8 Å². The minimum atomic E-state index is -0.645. The van der Waals surface area contributed by atoms with E-state index in [1.165, 1.54) is 6.08 Å². The van der Waals surface area contributed by atoms with E-state index in [1.807, 2.05) is 13.8 Å². The van der Waals surface area contributed by atoms with Gasteiger partial charge in [-0.15, -0.1) is 0 Å². The summed E-state index contributed by atoms with van der Waals surface area (Å²) in [6.07, 6.45) is 1.51. The SMILES string of the molecule is CC(C)C(C)(N=C=O)O[SiH3]. The van der Waals surface area contributed by atoms with Crippen LogP contribution in [0.3, 0.4) is 0 Å². The molecule has 0 heterocycles. The topological polar surface area (TPSA) is 38.7 Å². The molecule has 0 aliphatic carbocycles. The standard InChI is InChI=1S/C6H13NO2Si/c1-5(2)6(3,9-10)7-4-8/h5H,1-3,10H3. The zero-order valence-electron chi connectivity index (χ0n) is 6.84. The molecule has 0 aromatic heterocycles. The molecule has 0 aliphatic heterocycles. The third-order valence-electron chi connectivity index (χ3n) is 1.75. The van der Waals surface area contributed by atoms with Crippen LogP contribution in [0.5, 0.6) is 0 Å². The Labute approximate surface area is 64.0 Å². The molecule has 0 amide bonds. The summed E-state index contributed by atoms with van der Waals surface area (Å²) in [5.41, 5.74) is -0.645. The molecule has 0 bridgehead atoms. The van der Waals surface area contributed by atoms with Gasteiger partial charge in [0.1, 0.15) is 10.5 Å². The normalized spacial score (nSPS) is 16.4. The molecular formula is C6H13NO2Si. The first-order valence-corrected chi connectivity index (χ1v) is 4.02. The maximum absolute atomic E-state index is 9.93. The molecule has 0 rings (SSSR count). The van der Waals surface area contributed by atoms with Crippen LogP contribution < -0.4 is 0 Å². The van der Waals surface area contributed by atoms with Gasteiger partial charge in [0.05, 0.1) is 0 Å². The van der Waals surface area contributed by atoms with Gasteiger partial charge in [-0.05, 0) is 6.92 Å². The molecule has 0 aromatic rings. The minimum absolute atomic E-state index is 0.214. The van der Waals surface area contributed by atoms with Crippen molar-refractivity contribution in [3.8, 4) is 0 Å². The Hall–Kier alpha value is -0.443. The summed E-state index contributed by atoms with van der Waals surface area (Å²) in [7, 11) is 0.586. The molecule has 0 fully saturated rings. The first kappa shape index (κ1) is 9.56. The highest BCUT2D eigenvalue weighted by Crippen LogP contribution is 2.20. The van der Waals surface area contributed by atoms with Gasteiger partial charge in [-0.3, -0.25) is 0 Å². The van der Waals surface area contributed by atoms with Crippen molar-refractivity contribution < 1.29 is 9.22 Å². The summed E-state index contributed by atoms with van der Waals surface area (Å²) in [5, 5.41) is 0. The van der Waals surface area contributed by atoms with Crippen molar-refractivity contribution in [2.24, 2.45) is 10.9 Å². The lowest BCUT2D eigenvalue weighted by Crippen LogP contribution is -2.31. The van der Waals surface area contributed by atoms with Crippen molar-refractivity contribution >= 4 is 16.6 Å². The van der Waals surface area contributed by atoms with E-state index >= 15 is 0 Å². The minimum Gasteiger partial charge on any atom is -0.404 e. The lowest BCUT2D eigenvalue weighted by molar-refractivity contribution is 0.0600. The predicted molar refractivity (Wildman–Crippen MR) is 42.4 cm³/mol. The zero-order chi connectivity index (χ0) is 8.20.